The van der Waals surface area contributed by atoms with Crippen LogP contribution in [-0.2, 0) is 4.79 Å². The zero-order chi connectivity index (χ0) is 9.26. The van der Waals surface area contributed by atoms with E-state index in [1.807, 2.05) is 0 Å². The van der Waals surface area contributed by atoms with Crippen molar-refractivity contribution < 1.29 is 4.79 Å². The van der Waals surface area contributed by atoms with Crippen molar-refractivity contribution in [3.8, 4) is 0 Å². The first kappa shape index (κ1) is 8.54. The highest BCUT2D eigenvalue weighted by molar-refractivity contribution is 5.73. The predicted molar refractivity (Wildman–Crippen MR) is 52.1 cm³/mol. The monoisotopic (exact) mass is 177 g/mol. The quantitative estimate of drug-likeness (QED) is 0.682. The van der Waals surface area contributed by atoms with E-state index in [1.54, 1.807) is 6.92 Å². The van der Waals surface area contributed by atoms with Crippen LogP contribution in [0.25, 0.3) is 0 Å². The van der Waals surface area contributed by atoms with E-state index < -0.39 is 0 Å². The minimum Gasteiger partial charge on any atom is -0.353 e. The smallest absolute Gasteiger partial charge is 0.217 e. The number of allylic oxidation sites excluding steroid dienone is 4. The van der Waals surface area contributed by atoms with Crippen LogP contribution < -0.4 is 5.32 Å². The standard InChI is InChI=1S/C11H15NO/c1-8(13)12-11-7-10(11)9-5-3-2-4-6-9/h2-5,9-11H,6-7H2,1H3,(H,12,13)/t9?,10-,11+/m1/s1. The molecule has 0 saturated heterocycles. The molecule has 0 aromatic heterocycles. The van der Waals surface area contributed by atoms with Crippen LogP contribution in [0.15, 0.2) is 24.3 Å². The Labute approximate surface area is 78.7 Å². The Kier molecular flexibility index (Phi) is 2.21. The molecule has 70 valence electrons. The molecular weight excluding hydrogens is 162 g/mol. The van der Waals surface area contributed by atoms with Crippen molar-refractivity contribution in [2.45, 2.75) is 25.8 Å². The Bertz CT molecular complexity index is 267. The molecule has 0 spiro atoms. The summed E-state index contributed by atoms with van der Waals surface area (Å²) < 4.78 is 0. The molecule has 2 heteroatoms. The van der Waals surface area contributed by atoms with Crippen molar-refractivity contribution in [2.75, 3.05) is 0 Å². The summed E-state index contributed by atoms with van der Waals surface area (Å²) in [6.45, 7) is 1.59. The molecule has 2 rings (SSSR count). The number of carbonyl (C=O) groups is 1. The van der Waals surface area contributed by atoms with Gasteiger partial charge in [0.15, 0.2) is 0 Å². The Morgan fingerprint density at radius 2 is 2.31 bits per heavy atom. The molecule has 3 atom stereocenters. The molecule has 0 heterocycles. The van der Waals surface area contributed by atoms with Crippen molar-refractivity contribution in [2.24, 2.45) is 11.8 Å². The summed E-state index contributed by atoms with van der Waals surface area (Å²) in [7, 11) is 0. The second-order valence-electron chi connectivity index (χ2n) is 3.92. The van der Waals surface area contributed by atoms with E-state index in [2.05, 4.69) is 29.6 Å². The van der Waals surface area contributed by atoms with Crippen molar-refractivity contribution >= 4 is 5.91 Å². The van der Waals surface area contributed by atoms with Crippen molar-refractivity contribution in [1.82, 2.24) is 5.32 Å². The van der Waals surface area contributed by atoms with E-state index in [0.29, 0.717) is 17.9 Å². The lowest BCUT2D eigenvalue weighted by molar-refractivity contribution is -0.119. The van der Waals surface area contributed by atoms with E-state index in [-0.39, 0.29) is 5.91 Å². The molecule has 1 amide bonds. The maximum atomic E-state index is 10.8. The van der Waals surface area contributed by atoms with Gasteiger partial charge in [-0.1, -0.05) is 24.3 Å². The fourth-order valence-corrected chi connectivity index (χ4v) is 2.03. The Morgan fingerprint density at radius 3 is 2.92 bits per heavy atom. The van der Waals surface area contributed by atoms with Crippen LogP contribution in [0.4, 0.5) is 0 Å². The highest BCUT2D eigenvalue weighted by atomic mass is 16.1. The minimum absolute atomic E-state index is 0.0998. The lowest BCUT2D eigenvalue weighted by atomic mass is 9.95. The molecule has 2 aliphatic carbocycles. The van der Waals surface area contributed by atoms with Crippen LogP contribution in [0.2, 0.25) is 0 Å². The molecular formula is C11H15NO. The molecule has 1 unspecified atom stereocenters. The lowest BCUT2D eigenvalue weighted by Gasteiger charge is -2.12. The summed E-state index contributed by atoms with van der Waals surface area (Å²) in [6, 6.07) is 0.443. The van der Waals surface area contributed by atoms with Crippen LogP contribution in [0.1, 0.15) is 19.8 Å². The summed E-state index contributed by atoms with van der Waals surface area (Å²) in [4.78, 5) is 10.8. The van der Waals surface area contributed by atoms with Crippen molar-refractivity contribution in [3.63, 3.8) is 0 Å². The highest BCUT2D eigenvalue weighted by Gasteiger charge is 2.42. The Balaban J connectivity index is 1.82. The van der Waals surface area contributed by atoms with Gasteiger partial charge >= 0.3 is 0 Å². The van der Waals surface area contributed by atoms with Crippen LogP contribution in [-0.4, -0.2) is 11.9 Å². The fraction of sp³-hybridized carbons (Fsp3) is 0.545. The van der Waals surface area contributed by atoms with Crippen LogP contribution in [0, 0.1) is 11.8 Å². The van der Waals surface area contributed by atoms with Crippen LogP contribution in [0.5, 0.6) is 0 Å². The minimum atomic E-state index is 0.0998. The van der Waals surface area contributed by atoms with Gasteiger partial charge in [0.1, 0.15) is 0 Å². The summed E-state index contributed by atoms with van der Waals surface area (Å²) in [5, 5.41) is 2.97. The molecule has 0 bridgehead atoms. The Morgan fingerprint density at radius 1 is 1.46 bits per heavy atom. The van der Waals surface area contributed by atoms with Gasteiger partial charge in [-0.15, -0.1) is 0 Å². The molecule has 2 aliphatic rings. The van der Waals surface area contributed by atoms with Gasteiger partial charge in [0.25, 0.3) is 0 Å². The SMILES string of the molecule is CC(=O)N[C@H]1C[C@@H]1C1C=CC=CC1. The molecule has 1 fully saturated rings. The molecule has 0 aliphatic heterocycles. The maximum Gasteiger partial charge on any atom is 0.217 e. The topological polar surface area (TPSA) is 29.1 Å². The third kappa shape index (κ3) is 2.00. The first-order valence-corrected chi connectivity index (χ1v) is 4.88. The zero-order valence-electron chi connectivity index (χ0n) is 7.86. The number of carbonyl (C=O) groups excluding carboxylic acids is 1. The molecule has 1 N–H and O–H groups in total. The number of hydrogen-bond acceptors (Lipinski definition) is 1. The van der Waals surface area contributed by atoms with Crippen molar-refractivity contribution in [1.29, 1.82) is 0 Å². The maximum absolute atomic E-state index is 10.8. The van der Waals surface area contributed by atoms with Gasteiger partial charge < -0.3 is 5.32 Å². The van der Waals surface area contributed by atoms with Crippen LogP contribution in [0.3, 0.4) is 0 Å². The van der Waals surface area contributed by atoms with E-state index in [0.717, 1.165) is 12.8 Å². The average molecular weight is 177 g/mol. The van der Waals surface area contributed by atoms with Gasteiger partial charge in [0.2, 0.25) is 5.91 Å². The van der Waals surface area contributed by atoms with Gasteiger partial charge in [0, 0.05) is 13.0 Å². The third-order valence-corrected chi connectivity index (χ3v) is 2.79. The summed E-state index contributed by atoms with van der Waals surface area (Å²) in [5.74, 6) is 1.44. The lowest BCUT2D eigenvalue weighted by Crippen LogP contribution is -2.25. The number of hydrogen-bond donors (Lipinski definition) is 1. The van der Waals surface area contributed by atoms with Crippen LogP contribution >= 0.6 is 0 Å². The number of amides is 1. The molecule has 0 radical (unpaired) electrons. The first-order chi connectivity index (χ1) is 6.27. The van der Waals surface area contributed by atoms with E-state index >= 15 is 0 Å². The number of nitrogens with one attached hydrogen (secondary N) is 1. The molecule has 1 saturated carbocycles. The number of rotatable bonds is 2. The van der Waals surface area contributed by atoms with E-state index in [4.69, 9.17) is 0 Å². The van der Waals surface area contributed by atoms with Gasteiger partial charge in [-0.05, 0) is 24.7 Å². The Hall–Kier alpha value is -1.05. The van der Waals surface area contributed by atoms with Crippen molar-refractivity contribution in [3.05, 3.63) is 24.3 Å². The summed E-state index contributed by atoms with van der Waals surface area (Å²) in [6.07, 6.45) is 10.9. The average Bonchev–Trinajstić information content (AvgIpc) is 2.84. The van der Waals surface area contributed by atoms with Gasteiger partial charge in [-0.3, -0.25) is 4.79 Å². The van der Waals surface area contributed by atoms with Gasteiger partial charge in [0.05, 0.1) is 0 Å². The normalized spacial score (nSPS) is 35.9. The van der Waals surface area contributed by atoms with Gasteiger partial charge in [-0.25, -0.2) is 0 Å². The van der Waals surface area contributed by atoms with Gasteiger partial charge in [-0.2, -0.15) is 0 Å². The summed E-state index contributed by atoms with van der Waals surface area (Å²) >= 11 is 0. The fourth-order valence-electron chi connectivity index (χ4n) is 2.03. The van der Waals surface area contributed by atoms with E-state index in [9.17, 15) is 4.79 Å². The molecule has 0 aromatic carbocycles. The predicted octanol–water partition coefficient (Wildman–Crippen LogP) is 1.64. The zero-order valence-corrected chi connectivity index (χ0v) is 7.86. The summed E-state index contributed by atoms with van der Waals surface area (Å²) in [5.41, 5.74) is 0. The second kappa shape index (κ2) is 3.36. The second-order valence-corrected chi connectivity index (χ2v) is 3.92. The largest absolute Gasteiger partial charge is 0.353 e. The van der Waals surface area contributed by atoms with E-state index in [1.165, 1.54) is 0 Å². The molecule has 13 heavy (non-hydrogen) atoms. The third-order valence-electron chi connectivity index (χ3n) is 2.79. The molecule has 2 nitrogen and oxygen atoms in total. The first-order valence-electron chi connectivity index (χ1n) is 4.88. The highest BCUT2D eigenvalue weighted by Crippen LogP contribution is 2.40. The molecule has 0 aromatic rings.